The van der Waals surface area contributed by atoms with Crippen molar-refractivity contribution in [2.45, 2.75) is 18.9 Å². The van der Waals surface area contributed by atoms with Crippen molar-refractivity contribution in [3.63, 3.8) is 0 Å². The van der Waals surface area contributed by atoms with E-state index in [-0.39, 0.29) is 6.54 Å². The van der Waals surface area contributed by atoms with Gasteiger partial charge in [-0.25, -0.2) is 0 Å². The van der Waals surface area contributed by atoms with Crippen molar-refractivity contribution in [1.29, 1.82) is 0 Å². The van der Waals surface area contributed by atoms with Gasteiger partial charge >= 0.3 is 0 Å². The normalized spacial score (nSPS) is 14.3. The summed E-state index contributed by atoms with van der Waals surface area (Å²) in [5, 5.41) is 9.87. The molecule has 0 aliphatic carbocycles. The minimum Gasteiger partial charge on any atom is -0.493 e. The lowest BCUT2D eigenvalue weighted by molar-refractivity contribution is 0.0696. The molecule has 16 heavy (non-hydrogen) atoms. The Balaban J connectivity index is 2.91. The quantitative estimate of drug-likeness (QED) is 0.783. The SMILES string of the molecule is COc1ccc(C[C@](C)(O)CN)cc1OC. The van der Waals surface area contributed by atoms with E-state index in [1.165, 1.54) is 0 Å². The molecule has 0 unspecified atom stereocenters. The van der Waals surface area contributed by atoms with Crippen LogP contribution < -0.4 is 15.2 Å². The molecule has 1 aromatic rings. The molecule has 0 saturated carbocycles. The molecule has 4 heteroatoms. The Morgan fingerprint density at radius 1 is 1.25 bits per heavy atom. The first-order valence-electron chi connectivity index (χ1n) is 5.16. The molecule has 3 N–H and O–H groups in total. The zero-order valence-corrected chi connectivity index (χ0v) is 9.99. The monoisotopic (exact) mass is 225 g/mol. The van der Waals surface area contributed by atoms with Crippen LogP contribution in [-0.4, -0.2) is 31.5 Å². The fraction of sp³-hybridized carbons (Fsp3) is 0.500. The van der Waals surface area contributed by atoms with Crippen LogP contribution in [0.1, 0.15) is 12.5 Å². The highest BCUT2D eigenvalue weighted by Crippen LogP contribution is 2.28. The lowest BCUT2D eigenvalue weighted by Gasteiger charge is -2.21. The molecule has 4 nitrogen and oxygen atoms in total. The molecule has 0 amide bonds. The van der Waals surface area contributed by atoms with Gasteiger partial charge in [-0.3, -0.25) is 0 Å². The van der Waals surface area contributed by atoms with Crippen molar-refractivity contribution in [3.8, 4) is 11.5 Å². The van der Waals surface area contributed by atoms with Crippen LogP contribution in [0.15, 0.2) is 18.2 Å². The van der Waals surface area contributed by atoms with Gasteiger partial charge in [-0.05, 0) is 24.6 Å². The summed E-state index contributed by atoms with van der Waals surface area (Å²) in [7, 11) is 3.18. The lowest BCUT2D eigenvalue weighted by Crippen LogP contribution is -2.36. The van der Waals surface area contributed by atoms with E-state index < -0.39 is 5.60 Å². The smallest absolute Gasteiger partial charge is 0.160 e. The topological polar surface area (TPSA) is 64.7 Å². The van der Waals surface area contributed by atoms with Crippen LogP contribution >= 0.6 is 0 Å². The minimum atomic E-state index is -0.889. The predicted octanol–water partition coefficient (Wildman–Crippen LogP) is 0.956. The van der Waals surface area contributed by atoms with E-state index in [9.17, 15) is 5.11 Å². The van der Waals surface area contributed by atoms with Gasteiger partial charge in [0.1, 0.15) is 0 Å². The summed E-state index contributed by atoms with van der Waals surface area (Å²) in [5.41, 5.74) is 5.55. The summed E-state index contributed by atoms with van der Waals surface area (Å²) >= 11 is 0. The van der Waals surface area contributed by atoms with Gasteiger partial charge in [-0.15, -0.1) is 0 Å². The average Bonchev–Trinajstić information content (AvgIpc) is 2.28. The van der Waals surface area contributed by atoms with Crippen LogP contribution in [0.25, 0.3) is 0 Å². The van der Waals surface area contributed by atoms with Crippen LogP contribution in [-0.2, 0) is 6.42 Å². The van der Waals surface area contributed by atoms with Crippen molar-refractivity contribution in [1.82, 2.24) is 0 Å². The molecular formula is C12H19NO3. The molecule has 0 aromatic heterocycles. The van der Waals surface area contributed by atoms with Crippen molar-refractivity contribution < 1.29 is 14.6 Å². The Labute approximate surface area is 96.0 Å². The van der Waals surface area contributed by atoms with Gasteiger partial charge in [0.05, 0.1) is 19.8 Å². The third-order valence-electron chi connectivity index (χ3n) is 2.47. The van der Waals surface area contributed by atoms with E-state index in [1.807, 2.05) is 18.2 Å². The maximum Gasteiger partial charge on any atom is 0.160 e. The molecule has 0 saturated heterocycles. The van der Waals surface area contributed by atoms with Gasteiger partial charge in [0.15, 0.2) is 11.5 Å². The number of benzene rings is 1. The van der Waals surface area contributed by atoms with Gasteiger partial charge in [0.25, 0.3) is 0 Å². The summed E-state index contributed by atoms with van der Waals surface area (Å²) in [4.78, 5) is 0. The first-order chi connectivity index (χ1) is 7.52. The number of ether oxygens (including phenoxy) is 2. The first-order valence-corrected chi connectivity index (χ1v) is 5.16. The average molecular weight is 225 g/mol. The fourth-order valence-corrected chi connectivity index (χ4v) is 1.50. The van der Waals surface area contributed by atoms with Crippen molar-refractivity contribution in [3.05, 3.63) is 23.8 Å². The van der Waals surface area contributed by atoms with Crippen LogP contribution in [0, 0.1) is 0 Å². The van der Waals surface area contributed by atoms with E-state index in [1.54, 1.807) is 21.1 Å². The lowest BCUT2D eigenvalue weighted by atomic mass is 9.96. The van der Waals surface area contributed by atoms with E-state index in [2.05, 4.69) is 0 Å². The zero-order chi connectivity index (χ0) is 12.2. The Hall–Kier alpha value is -1.26. The molecule has 0 aliphatic rings. The highest BCUT2D eigenvalue weighted by atomic mass is 16.5. The third kappa shape index (κ3) is 3.12. The number of hydrogen-bond acceptors (Lipinski definition) is 4. The minimum absolute atomic E-state index is 0.224. The molecule has 0 bridgehead atoms. The van der Waals surface area contributed by atoms with Crippen LogP contribution in [0.2, 0.25) is 0 Å². The number of hydrogen-bond donors (Lipinski definition) is 2. The maximum atomic E-state index is 9.87. The molecule has 1 aromatic carbocycles. The highest BCUT2D eigenvalue weighted by molar-refractivity contribution is 5.43. The number of aliphatic hydroxyl groups is 1. The number of methoxy groups -OCH3 is 2. The summed E-state index contributed by atoms with van der Waals surface area (Å²) in [6, 6.07) is 5.56. The molecule has 0 heterocycles. The van der Waals surface area contributed by atoms with E-state index in [4.69, 9.17) is 15.2 Å². The Bertz CT molecular complexity index is 350. The van der Waals surface area contributed by atoms with Gasteiger partial charge in [-0.1, -0.05) is 6.07 Å². The number of rotatable bonds is 5. The van der Waals surface area contributed by atoms with E-state index >= 15 is 0 Å². The Morgan fingerprint density at radius 3 is 2.38 bits per heavy atom. The van der Waals surface area contributed by atoms with Gasteiger partial charge in [-0.2, -0.15) is 0 Å². The molecule has 0 aliphatic heterocycles. The highest BCUT2D eigenvalue weighted by Gasteiger charge is 2.19. The molecule has 1 atom stereocenters. The molecule has 0 spiro atoms. The maximum absolute atomic E-state index is 9.87. The second-order valence-corrected chi connectivity index (χ2v) is 4.07. The van der Waals surface area contributed by atoms with Gasteiger partial charge in [0, 0.05) is 13.0 Å². The van der Waals surface area contributed by atoms with E-state index in [0.717, 1.165) is 5.56 Å². The van der Waals surface area contributed by atoms with Gasteiger partial charge in [0.2, 0.25) is 0 Å². The first kappa shape index (κ1) is 12.8. The van der Waals surface area contributed by atoms with Crippen LogP contribution in [0.3, 0.4) is 0 Å². The molecule has 1 rings (SSSR count). The summed E-state index contributed by atoms with van der Waals surface area (Å²) in [6.45, 7) is 1.94. The molecule has 90 valence electrons. The van der Waals surface area contributed by atoms with Crippen molar-refractivity contribution >= 4 is 0 Å². The third-order valence-corrected chi connectivity index (χ3v) is 2.47. The van der Waals surface area contributed by atoms with Crippen molar-refractivity contribution in [2.24, 2.45) is 5.73 Å². The fourth-order valence-electron chi connectivity index (χ4n) is 1.50. The second kappa shape index (κ2) is 5.18. The zero-order valence-electron chi connectivity index (χ0n) is 9.99. The van der Waals surface area contributed by atoms with Crippen molar-refractivity contribution in [2.75, 3.05) is 20.8 Å². The van der Waals surface area contributed by atoms with Crippen LogP contribution in [0.5, 0.6) is 11.5 Å². The van der Waals surface area contributed by atoms with Crippen LogP contribution in [0.4, 0.5) is 0 Å². The largest absolute Gasteiger partial charge is 0.493 e. The Morgan fingerprint density at radius 2 is 1.88 bits per heavy atom. The van der Waals surface area contributed by atoms with E-state index in [0.29, 0.717) is 17.9 Å². The molecule has 0 radical (unpaired) electrons. The summed E-state index contributed by atoms with van der Waals surface area (Å²) in [6.07, 6.45) is 0.490. The molecule has 0 fully saturated rings. The second-order valence-electron chi connectivity index (χ2n) is 4.07. The summed E-state index contributed by atoms with van der Waals surface area (Å²) in [5.74, 6) is 1.34. The molecular weight excluding hydrogens is 206 g/mol. The standard InChI is InChI=1S/C12H19NO3/c1-12(14,8-13)7-9-4-5-10(15-2)11(6-9)16-3/h4-6,14H,7-8,13H2,1-3H3/t12-/m0/s1. The Kier molecular flexibility index (Phi) is 4.15. The predicted molar refractivity (Wildman–Crippen MR) is 62.9 cm³/mol. The number of nitrogens with two attached hydrogens (primary N) is 1. The van der Waals surface area contributed by atoms with Gasteiger partial charge < -0.3 is 20.3 Å². The summed E-state index contributed by atoms with van der Waals surface area (Å²) < 4.78 is 10.3.